The molecule has 0 unspecified atom stereocenters. The van der Waals surface area contributed by atoms with Crippen LogP contribution in [0.1, 0.15) is 0 Å². The van der Waals surface area contributed by atoms with Gasteiger partial charge in [-0.05, 0) is 18.2 Å². The second-order valence-corrected chi connectivity index (χ2v) is 3.87. The smallest absolute Gasteiger partial charge is 0.271 e. The third-order valence-electron chi connectivity index (χ3n) is 2.64. The molecule has 2 heterocycles. The quantitative estimate of drug-likeness (QED) is 0.428. The van der Waals surface area contributed by atoms with Gasteiger partial charge < -0.3 is 10.2 Å². The topological polar surface area (TPSA) is 108 Å². The Morgan fingerprint density at radius 3 is 2.84 bits per heavy atom. The van der Waals surface area contributed by atoms with Crippen molar-refractivity contribution in [1.82, 2.24) is 9.97 Å². The Balaban J connectivity index is 2.13. The third-order valence-corrected chi connectivity index (χ3v) is 2.64. The minimum atomic E-state index is -0.506. The molecule has 0 saturated carbocycles. The lowest BCUT2D eigenvalue weighted by atomic mass is 10.1. The van der Waals surface area contributed by atoms with Crippen LogP contribution in [0.25, 0.3) is 22.7 Å². The van der Waals surface area contributed by atoms with Gasteiger partial charge in [-0.2, -0.15) is 4.98 Å². The summed E-state index contributed by atoms with van der Waals surface area (Å²) in [6.45, 7) is 0. The summed E-state index contributed by atoms with van der Waals surface area (Å²) in [5.74, 6) is 0.293. The molecule has 0 saturated heterocycles. The first-order valence-electron chi connectivity index (χ1n) is 5.41. The zero-order valence-electron chi connectivity index (χ0n) is 9.61. The summed E-state index contributed by atoms with van der Waals surface area (Å²) in [6, 6.07) is 7.61. The molecule has 0 aliphatic heterocycles. The van der Waals surface area contributed by atoms with Gasteiger partial charge in [0.1, 0.15) is 0 Å². The highest BCUT2D eigenvalue weighted by Gasteiger charge is 2.14. The van der Waals surface area contributed by atoms with Crippen LogP contribution < -0.4 is 5.73 Å². The number of nitrogens with zero attached hydrogens (tertiary/aromatic N) is 3. The van der Waals surface area contributed by atoms with E-state index in [2.05, 4.69) is 9.97 Å². The van der Waals surface area contributed by atoms with Crippen LogP contribution in [0.15, 0.2) is 40.9 Å². The summed E-state index contributed by atoms with van der Waals surface area (Å²) >= 11 is 0. The highest BCUT2D eigenvalue weighted by Crippen LogP contribution is 2.30. The van der Waals surface area contributed by atoms with E-state index in [1.54, 1.807) is 18.3 Å². The molecule has 7 heteroatoms. The van der Waals surface area contributed by atoms with Crippen molar-refractivity contribution in [2.45, 2.75) is 0 Å². The van der Waals surface area contributed by atoms with Gasteiger partial charge in [-0.1, -0.05) is 0 Å². The van der Waals surface area contributed by atoms with Crippen molar-refractivity contribution >= 4 is 22.6 Å². The van der Waals surface area contributed by atoms with Crippen LogP contribution in [0.3, 0.4) is 0 Å². The fourth-order valence-corrected chi connectivity index (χ4v) is 1.74. The number of fused-ring (bicyclic) bond motifs is 1. The van der Waals surface area contributed by atoms with Gasteiger partial charge in [0.05, 0.1) is 16.2 Å². The lowest BCUT2D eigenvalue weighted by Crippen LogP contribution is -1.94. The fraction of sp³-hybridized carbons (Fsp3) is 0. The molecule has 0 fully saturated rings. The van der Waals surface area contributed by atoms with Gasteiger partial charge in [-0.25, -0.2) is 4.98 Å². The van der Waals surface area contributed by atoms with Gasteiger partial charge in [-0.15, -0.1) is 0 Å². The van der Waals surface area contributed by atoms with E-state index in [-0.39, 0.29) is 11.4 Å². The largest absolute Gasteiger partial charge is 0.434 e. The Morgan fingerprint density at radius 2 is 2.16 bits per heavy atom. The average Bonchev–Trinajstić information content (AvgIpc) is 2.81. The second-order valence-electron chi connectivity index (χ2n) is 3.87. The Bertz CT molecular complexity index is 748. The van der Waals surface area contributed by atoms with E-state index in [4.69, 9.17) is 10.2 Å². The number of pyridine rings is 1. The molecule has 0 bridgehead atoms. The third kappa shape index (κ3) is 1.86. The zero-order valence-corrected chi connectivity index (χ0v) is 9.61. The maximum Gasteiger partial charge on any atom is 0.271 e. The normalized spacial score (nSPS) is 10.7. The van der Waals surface area contributed by atoms with Crippen molar-refractivity contribution in [1.29, 1.82) is 0 Å². The summed E-state index contributed by atoms with van der Waals surface area (Å²) in [4.78, 5) is 18.4. The van der Waals surface area contributed by atoms with Gasteiger partial charge >= 0.3 is 0 Å². The number of anilines is 1. The number of oxazole rings is 1. The first-order chi connectivity index (χ1) is 9.15. The summed E-state index contributed by atoms with van der Waals surface area (Å²) in [5.41, 5.74) is 7.46. The number of hydrogen-bond acceptors (Lipinski definition) is 6. The first kappa shape index (κ1) is 11.1. The minimum Gasteiger partial charge on any atom is -0.434 e. The molecule has 3 rings (SSSR count). The number of hydrogen-bond donors (Lipinski definition) is 1. The van der Waals surface area contributed by atoms with E-state index in [1.165, 1.54) is 18.2 Å². The maximum absolute atomic E-state index is 10.6. The van der Waals surface area contributed by atoms with Crippen LogP contribution in [0.2, 0.25) is 0 Å². The highest BCUT2D eigenvalue weighted by atomic mass is 16.6. The number of nitrogen functional groups attached to an aromatic ring is 1. The van der Waals surface area contributed by atoms with Crippen molar-refractivity contribution in [3.05, 3.63) is 46.6 Å². The van der Waals surface area contributed by atoms with Gasteiger partial charge in [0.15, 0.2) is 11.2 Å². The molecule has 0 radical (unpaired) electrons. The molecule has 3 aromatic rings. The Kier molecular flexibility index (Phi) is 2.38. The molecular formula is C12H8N4O3. The molecule has 0 aliphatic carbocycles. The molecule has 2 N–H and O–H groups in total. The summed E-state index contributed by atoms with van der Waals surface area (Å²) in [5, 5.41) is 10.6. The fourth-order valence-electron chi connectivity index (χ4n) is 1.74. The number of nitro benzene ring substituents is 1. The van der Waals surface area contributed by atoms with Gasteiger partial charge in [0.2, 0.25) is 5.89 Å². The Hall–Kier alpha value is -2.96. The van der Waals surface area contributed by atoms with Gasteiger partial charge in [0, 0.05) is 18.3 Å². The number of nitro groups is 1. The average molecular weight is 256 g/mol. The number of non-ortho nitro benzene ring substituents is 1. The molecule has 0 aliphatic rings. The molecule has 94 valence electrons. The Labute approximate surface area is 106 Å². The highest BCUT2D eigenvalue weighted by molar-refractivity contribution is 5.78. The summed E-state index contributed by atoms with van der Waals surface area (Å²) in [7, 11) is 0. The predicted octanol–water partition coefficient (Wildman–Crippen LogP) is 2.38. The van der Waals surface area contributed by atoms with Gasteiger partial charge in [0.25, 0.3) is 5.69 Å². The zero-order chi connectivity index (χ0) is 13.4. The van der Waals surface area contributed by atoms with E-state index in [1.807, 2.05) is 0 Å². The van der Waals surface area contributed by atoms with E-state index in [9.17, 15) is 10.1 Å². The monoisotopic (exact) mass is 256 g/mol. The van der Waals surface area contributed by atoms with Crippen molar-refractivity contribution < 1.29 is 9.34 Å². The van der Waals surface area contributed by atoms with Crippen LogP contribution in [0, 0.1) is 10.1 Å². The van der Waals surface area contributed by atoms with Crippen LogP contribution in [0.5, 0.6) is 0 Å². The summed E-state index contributed by atoms with van der Waals surface area (Å²) in [6.07, 6.45) is 1.60. The van der Waals surface area contributed by atoms with Crippen LogP contribution in [-0.4, -0.2) is 14.9 Å². The van der Waals surface area contributed by atoms with Crippen molar-refractivity contribution in [2.75, 3.05) is 5.73 Å². The van der Waals surface area contributed by atoms with Crippen LogP contribution >= 0.6 is 0 Å². The SMILES string of the molecule is Nc1cc([N+](=O)[O-])ccc1-c1nc2ncccc2o1. The molecule has 19 heavy (non-hydrogen) atoms. The van der Waals surface area contributed by atoms with E-state index >= 15 is 0 Å². The Morgan fingerprint density at radius 1 is 1.32 bits per heavy atom. The molecule has 1 aromatic carbocycles. The standard InChI is InChI=1S/C12H8N4O3/c13-9-6-7(16(17)18)3-4-8(9)12-15-11-10(19-12)2-1-5-14-11/h1-6H,13H2. The molecule has 0 amide bonds. The number of nitrogens with two attached hydrogens (primary N) is 1. The van der Waals surface area contributed by atoms with E-state index < -0.39 is 4.92 Å². The molecule has 0 spiro atoms. The lowest BCUT2D eigenvalue weighted by Gasteiger charge is -2.00. The number of benzene rings is 1. The van der Waals surface area contributed by atoms with Crippen LogP contribution in [-0.2, 0) is 0 Å². The van der Waals surface area contributed by atoms with Crippen LogP contribution in [0.4, 0.5) is 11.4 Å². The first-order valence-corrected chi connectivity index (χ1v) is 5.41. The minimum absolute atomic E-state index is 0.0736. The lowest BCUT2D eigenvalue weighted by molar-refractivity contribution is -0.384. The molecule has 7 nitrogen and oxygen atoms in total. The number of rotatable bonds is 2. The van der Waals surface area contributed by atoms with Gasteiger partial charge in [-0.3, -0.25) is 10.1 Å². The molecule has 2 aromatic heterocycles. The summed E-state index contributed by atoms with van der Waals surface area (Å²) < 4.78 is 5.51. The second kappa shape index (κ2) is 4.05. The van der Waals surface area contributed by atoms with E-state index in [0.29, 0.717) is 22.7 Å². The number of aromatic nitrogens is 2. The maximum atomic E-state index is 10.6. The van der Waals surface area contributed by atoms with Crippen molar-refractivity contribution in [2.24, 2.45) is 0 Å². The molecular weight excluding hydrogens is 248 g/mol. The van der Waals surface area contributed by atoms with Crippen molar-refractivity contribution in [3.63, 3.8) is 0 Å². The predicted molar refractivity (Wildman–Crippen MR) is 68.3 cm³/mol. The van der Waals surface area contributed by atoms with Crippen molar-refractivity contribution in [3.8, 4) is 11.5 Å². The molecule has 0 atom stereocenters. The van der Waals surface area contributed by atoms with E-state index in [0.717, 1.165) is 0 Å².